The van der Waals surface area contributed by atoms with Crippen molar-refractivity contribution in [2.75, 3.05) is 33.8 Å². The second kappa shape index (κ2) is 10.1. The lowest BCUT2D eigenvalue weighted by Gasteiger charge is -2.37. The van der Waals surface area contributed by atoms with Crippen molar-refractivity contribution in [3.05, 3.63) is 71.8 Å². The molecule has 3 aromatic carbocycles. The Kier molecular flexibility index (Phi) is 6.34. The predicted molar refractivity (Wildman–Crippen MR) is 173 cm³/mol. The number of para-hydroxylation sites is 2. The maximum Gasteiger partial charge on any atom is 0.343 e. The maximum atomic E-state index is 14.0. The minimum absolute atomic E-state index is 0.0139. The number of hydrogen-bond donors (Lipinski definition) is 3. The van der Waals surface area contributed by atoms with E-state index in [4.69, 9.17) is 9.47 Å². The lowest BCUT2D eigenvalue weighted by atomic mass is 9.88. The highest BCUT2D eigenvalue weighted by molar-refractivity contribution is 6.31. The molecule has 1 unspecified atom stereocenters. The quantitative estimate of drug-likeness (QED) is 0.137. The van der Waals surface area contributed by atoms with Gasteiger partial charge in [-0.3, -0.25) is 9.59 Å². The number of hydrogen-bond acceptors (Lipinski definition) is 7. The normalized spacial score (nSPS) is 23.3. The zero-order valence-corrected chi connectivity index (χ0v) is 25.9. The fraction of sp³-hybridized carbons (Fsp3) is 0.343. The van der Waals surface area contributed by atoms with E-state index in [2.05, 4.69) is 10.6 Å². The average molecular weight is 622 g/mol. The van der Waals surface area contributed by atoms with Gasteiger partial charge in [0.05, 0.1) is 34.2 Å². The summed E-state index contributed by atoms with van der Waals surface area (Å²) in [7, 11) is 3.84. The topological polar surface area (TPSA) is 127 Å². The fourth-order valence-corrected chi connectivity index (χ4v) is 7.72. The lowest BCUT2D eigenvalue weighted by Crippen LogP contribution is -2.56. The summed E-state index contributed by atoms with van der Waals surface area (Å²) in [5.74, 6) is -1.11. The van der Waals surface area contributed by atoms with Gasteiger partial charge in [-0.05, 0) is 45.1 Å². The van der Waals surface area contributed by atoms with Gasteiger partial charge in [0, 0.05) is 53.7 Å². The number of fused-ring (bicyclic) bond motifs is 13. The highest BCUT2D eigenvalue weighted by atomic mass is 16.6. The molecule has 0 aliphatic carbocycles. The Bertz CT molecular complexity index is 2160. The van der Waals surface area contributed by atoms with Crippen LogP contribution < -0.4 is 10.6 Å². The van der Waals surface area contributed by atoms with E-state index < -0.39 is 23.5 Å². The molecule has 236 valence electrons. The highest BCUT2D eigenvalue weighted by Gasteiger charge is 2.66. The third kappa shape index (κ3) is 3.79. The highest BCUT2D eigenvalue weighted by Crippen LogP contribution is 2.57. The molecule has 5 heterocycles. The molecule has 2 aromatic heterocycles. The molecule has 2 amide bonds. The number of aliphatic hydroxyl groups is 1. The number of carbonyl (C=O) groups is 3. The number of nitrogens with zero attached hydrogens (tertiary/aromatic N) is 3. The molecular formula is C35H35N5O6. The molecule has 0 radical (unpaired) electrons. The van der Waals surface area contributed by atoms with Crippen LogP contribution in [0, 0.1) is 0 Å². The van der Waals surface area contributed by atoms with E-state index in [1.165, 1.54) is 6.08 Å². The third-order valence-electron chi connectivity index (χ3n) is 9.76. The summed E-state index contributed by atoms with van der Waals surface area (Å²) < 4.78 is 16.5. The van der Waals surface area contributed by atoms with E-state index in [1.54, 1.807) is 13.0 Å². The number of likely N-dealkylation sites (N-methyl/N-ethyl adjacent to an activating group) is 1. The molecule has 5 aromatic rings. The number of rotatable bonds is 8. The first-order chi connectivity index (χ1) is 22.2. The van der Waals surface area contributed by atoms with Crippen molar-refractivity contribution < 1.29 is 29.0 Å². The van der Waals surface area contributed by atoms with Crippen LogP contribution in [-0.4, -0.2) is 76.3 Å². The molecule has 3 atom stereocenters. The van der Waals surface area contributed by atoms with Gasteiger partial charge >= 0.3 is 5.97 Å². The molecule has 8 rings (SSSR count). The minimum atomic E-state index is -2.05. The number of benzene rings is 3. The Morgan fingerprint density at radius 2 is 1.83 bits per heavy atom. The van der Waals surface area contributed by atoms with Crippen molar-refractivity contribution in [2.24, 2.45) is 0 Å². The van der Waals surface area contributed by atoms with Gasteiger partial charge in [0.2, 0.25) is 11.5 Å². The van der Waals surface area contributed by atoms with Gasteiger partial charge in [0.25, 0.3) is 5.91 Å². The molecule has 0 saturated carbocycles. The van der Waals surface area contributed by atoms with Gasteiger partial charge in [-0.15, -0.1) is 0 Å². The Hall–Kier alpha value is -4.71. The molecule has 3 aliphatic heterocycles. The second-order valence-corrected chi connectivity index (χ2v) is 12.8. The summed E-state index contributed by atoms with van der Waals surface area (Å²) in [6.45, 7) is 3.11. The summed E-state index contributed by atoms with van der Waals surface area (Å²) >= 11 is 0. The second-order valence-electron chi connectivity index (χ2n) is 12.8. The van der Waals surface area contributed by atoms with Gasteiger partial charge < -0.3 is 39.2 Å². The molecule has 1 saturated heterocycles. The third-order valence-corrected chi connectivity index (χ3v) is 9.76. The Morgan fingerprint density at radius 1 is 1.11 bits per heavy atom. The Morgan fingerprint density at radius 3 is 2.59 bits per heavy atom. The largest absolute Gasteiger partial charge is 0.463 e. The zero-order chi connectivity index (χ0) is 32.0. The van der Waals surface area contributed by atoms with Crippen molar-refractivity contribution >= 4 is 61.4 Å². The Balaban J connectivity index is 1.22. The van der Waals surface area contributed by atoms with E-state index in [0.717, 1.165) is 49.2 Å². The molecule has 1 fully saturated rings. The molecule has 46 heavy (non-hydrogen) atoms. The number of nitrogens with one attached hydrogen (secondary N) is 2. The van der Waals surface area contributed by atoms with E-state index in [9.17, 15) is 19.5 Å². The van der Waals surface area contributed by atoms with E-state index in [0.29, 0.717) is 31.6 Å². The van der Waals surface area contributed by atoms with Crippen molar-refractivity contribution in [1.82, 2.24) is 24.7 Å². The first-order valence-electron chi connectivity index (χ1n) is 15.6. The van der Waals surface area contributed by atoms with Gasteiger partial charge in [0.15, 0.2) is 5.72 Å². The monoisotopic (exact) mass is 621 g/mol. The van der Waals surface area contributed by atoms with E-state index >= 15 is 0 Å². The number of ether oxygens (including phenoxy) is 2. The molecular weight excluding hydrogens is 586 g/mol. The van der Waals surface area contributed by atoms with Crippen LogP contribution in [-0.2, 0) is 31.3 Å². The van der Waals surface area contributed by atoms with Crippen LogP contribution in [0.5, 0.6) is 0 Å². The predicted octanol–water partition coefficient (Wildman–Crippen LogP) is 3.65. The lowest BCUT2D eigenvalue weighted by molar-refractivity contribution is -0.204. The van der Waals surface area contributed by atoms with Crippen LogP contribution in [0.15, 0.2) is 60.7 Å². The van der Waals surface area contributed by atoms with Gasteiger partial charge in [-0.25, -0.2) is 4.79 Å². The number of amides is 2. The van der Waals surface area contributed by atoms with Gasteiger partial charge in [-0.2, -0.15) is 0 Å². The minimum Gasteiger partial charge on any atom is -0.463 e. The SMILES string of the molecule is CN(C)C/C=C/C(=O)NCCCOC(=O)[C@@]1(O)CC2O[C@]1(C)n1c3ccccc3c3c4c(c5c6ccccc6n2c5c31)C(=O)NC4. The summed E-state index contributed by atoms with van der Waals surface area (Å²) in [5.41, 5.74) is 1.27. The molecule has 3 N–H and O–H groups in total. The summed E-state index contributed by atoms with van der Waals surface area (Å²) in [6.07, 6.45) is 2.86. The van der Waals surface area contributed by atoms with Crippen molar-refractivity contribution in [1.29, 1.82) is 0 Å². The van der Waals surface area contributed by atoms with E-state index in [1.807, 2.05) is 76.7 Å². The number of carbonyl (C=O) groups excluding carboxylic acids is 3. The summed E-state index contributed by atoms with van der Waals surface area (Å²) in [5, 5.41) is 21.9. The molecule has 2 bridgehead atoms. The average Bonchev–Trinajstić information content (AvgIpc) is 3.73. The number of esters is 1. The van der Waals surface area contributed by atoms with Crippen LogP contribution in [0.25, 0.3) is 43.6 Å². The standard InChI is InChI=1S/C35H35N5O6/c1-34-35(44,33(43)45-17-9-15-36-25(41)14-8-16-38(2)3)18-26(46-34)39-23-12-6-4-10-20(23)28-29-22(19-37-32(29)42)27-21-11-5-7-13-24(21)40(34)31(27)30(28)39/h4-8,10-14,26,44H,9,15-19H2,1-3H3,(H,36,41)(H,37,42)/b14-8+/t26?,34-,35-/m0/s1. The van der Waals surface area contributed by atoms with Crippen LogP contribution in [0.2, 0.25) is 0 Å². The van der Waals surface area contributed by atoms with E-state index in [-0.39, 0.29) is 24.8 Å². The molecule has 0 spiro atoms. The zero-order valence-electron chi connectivity index (χ0n) is 25.9. The van der Waals surface area contributed by atoms with Crippen LogP contribution in [0.3, 0.4) is 0 Å². The van der Waals surface area contributed by atoms with Crippen molar-refractivity contribution in [3.63, 3.8) is 0 Å². The van der Waals surface area contributed by atoms with Crippen molar-refractivity contribution in [2.45, 2.75) is 43.9 Å². The maximum absolute atomic E-state index is 14.0. The first kappa shape index (κ1) is 28.7. The summed E-state index contributed by atoms with van der Waals surface area (Å²) in [6, 6.07) is 15.7. The van der Waals surface area contributed by atoms with Crippen molar-refractivity contribution in [3.8, 4) is 0 Å². The smallest absolute Gasteiger partial charge is 0.343 e. The van der Waals surface area contributed by atoms with Crippen LogP contribution >= 0.6 is 0 Å². The summed E-state index contributed by atoms with van der Waals surface area (Å²) in [4.78, 5) is 41.4. The van der Waals surface area contributed by atoms with Crippen LogP contribution in [0.1, 0.15) is 41.9 Å². The van der Waals surface area contributed by atoms with Crippen LogP contribution in [0.4, 0.5) is 0 Å². The number of aromatic nitrogens is 2. The first-order valence-corrected chi connectivity index (χ1v) is 15.6. The fourth-order valence-electron chi connectivity index (χ4n) is 7.72. The molecule has 3 aliphatic rings. The molecule has 11 heteroatoms. The van der Waals surface area contributed by atoms with Gasteiger partial charge in [0.1, 0.15) is 6.23 Å². The van der Waals surface area contributed by atoms with Gasteiger partial charge in [-0.1, -0.05) is 42.5 Å². The Labute approximate surface area is 264 Å². The molecule has 11 nitrogen and oxygen atoms in total.